The smallest absolute Gasteiger partial charge is 0.275 e. The van der Waals surface area contributed by atoms with Crippen molar-refractivity contribution in [2.24, 2.45) is 7.05 Å². The lowest BCUT2D eigenvalue weighted by Gasteiger charge is -2.17. The maximum Gasteiger partial charge on any atom is 0.275 e. The van der Waals surface area contributed by atoms with Crippen molar-refractivity contribution in [1.82, 2.24) is 34.0 Å². The topological polar surface area (TPSA) is 110 Å². The molecule has 5 aromatic rings. The number of nitrogens with one attached hydrogen (secondary N) is 1. The zero-order valence-electron chi connectivity index (χ0n) is 19.2. The molecule has 0 radical (unpaired) electrons. The Labute approximate surface area is 200 Å². The molecule has 4 heterocycles. The number of amides is 2. The lowest BCUT2D eigenvalue weighted by molar-refractivity contribution is 0.0778. The highest BCUT2D eigenvalue weighted by Crippen LogP contribution is 2.19. The number of nitrogens with zero attached hydrogens (tertiary/aromatic N) is 7. The van der Waals surface area contributed by atoms with Crippen molar-refractivity contribution in [3.8, 4) is 11.3 Å². The molecule has 4 aromatic heterocycles. The summed E-state index contributed by atoms with van der Waals surface area (Å²) in [6.07, 6.45) is 6.71. The van der Waals surface area contributed by atoms with E-state index in [2.05, 4.69) is 25.4 Å². The second-order valence-electron chi connectivity index (χ2n) is 7.98. The number of imidazole rings is 1. The zero-order chi connectivity index (χ0) is 24.4. The summed E-state index contributed by atoms with van der Waals surface area (Å²) >= 11 is 0. The molecule has 10 heteroatoms. The second-order valence-corrected chi connectivity index (χ2v) is 7.98. The number of carbonyl (C=O) groups excluding carboxylic acids is 2. The van der Waals surface area contributed by atoms with E-state index < -0.39 is 5.91 Å². The van der Waals surface area contributed by atoms with Crippen molar-refractivity contribution in [1.29, 1.82) is 0 Å². The number of hydrogen-bond donors (Lipinski definition) is 1. The summed E-state index contributed by atoms with van der Waals surface area (Å²) in [4.78, 5) is 41.0. The molecular weight excluding hydrogens is 444 g/mol. The van der Waals surface area contributed by atoms with Crippen molar-refractivity contribution in [3.05, 3.63) is 96.3 Å². The molecule has 1 N–H and O–H groups in total. The first-order chi connectivity index (χ1) is 17.0. The average molecular weight is 467 g/mol. The van der Waals surface area contributed by atoms with Gasteiger partial charge in [-0.25, -0.2) is 4.98 Å². The number of rotatable bonds is 6. The van der Waals surface area contributed by atoms with Gasteiger partial charge in [-0.1, -0.05) is 36.4 Å². The van der Waals surface area contributed by atoms with Gasteiger partial charge in [0.1, 0.15) is 11.5 Å². The van der Waals surface area contributed by atoms with Gasteiger partial charge in [0.05, 0.1) is 29.7 Å². The molecule has 0 aliphatic carbocycles. The largest absolute Gasteiger partial charge is 0.336 e. The lowest BCUT2D eigenvalue weighted by atomic mass is 10.2. The minimum Gasteiger partial charge on any atom is -0.336 e. The molecule has 0 bridgehead atoms. The van der Waals surface area contributed by atoms with Crippen molar-refractivity contribution in [2.75, 3.05) is 12.4 Å². The highest BCUT2D eigenvalue weighted by atomic mass is 16.2. The number of pyridine rings is 1. The zero-order valence-corrected chi connectivity index (χ0v) is 19.2. The molecular formula is C25H22N8O2. The van der Waals surface area contributed by atoms with E-state index in [-0.39, 0.29) is 17.2 Å². The predicted octanol–water partition coefficient (Wildman–Crippen LogP) is 3.05. The number of aromatic nitrogens is 6. The highest BCUT2D eigenvalue weighted by molar-refractivity contribution is 6.10. The van der Waals surface area contributed by atoms with E-state index in [0.717, 1.165) is 17.0 Å². The van der Waals surface area contributed by atoms with E-state index >= 15 is 0 Å². The van der Waals surface area contributed by atoms with Crippen LogP contribution in [0.2, 0.25) is 0 Å². The molecule has 1 aromatic carbocycles. The van der Waals surface area contributed by atoms with Crippen LogP contribution in [0.1, 0.15) is 26.5 Å². The molecule has 0 saturated carbocycles. The van der Waals surface area contributed by atoms with Gasteiger partial charge in [0.2, 0.25) is 5.78 Å². The third-order valence-corrected chi connectivity index (χ3v) is 5.49. The van der Waals surface area contributed by atoms with Crippen LogP contribution >= 0.6 is 0 Å². The van der Waals surface area contributed by atoms with Gasteiger partial charge in [-0.15, -0.1) is 0 Å². The Hall–Kier alpha value is -4.86. The van der Waals surface area contributed by atoms with Gasteiger partial charge in [-0.2, -0.15) is 10.1 Å². The number of carbonyl (C=O) groups is 2. The van der Waals surface area contributed by atoms with Crippen LogP contribution in [-0.2, 0) is 13.6 Å². The van der Waals surface area contributed by atoms with Gasteiger partial charge in [-0.3, -0.25) is 23.7 Å². The van der Waals surface area contributed by atoms with Crippen molar-refractivity contribution in [2.45, 2.75) is 6.54 Å². The molecule has 35 heavy (non-hydrogen) atoms. The fourth-order valence-corrected chi connectivity index (χ4v) is 3.74. The summed E-state index contributed by atoms with van der Waals surface area (Å²) in [6, 6.07) is 16.9. The Morgan fingerprint density at radius 1 is 1.03 bits per heavy atom. The van der Waals surface area contributed by atoms with Crippen LogP contribution in [0.3, 0.4) is 0 Å². The summed E-state index contributed by atoms with van der Waals surface area (Å²) in [5.41, 5.74) is 2.81. The quantitative estimate of drug-likeness (QED) is 0.412. The monoisotopic (exact) mass is 466 g/mol. The summed E-state index contributed by atoms with van der Waals surface area (Å²) in [6.45, 7) is 0.303. The van der Waals surface area contributed by atoms with E-state index in [0.29, 0.717) is 18.1 Å². The van der Waals surface area contributed by atoms with Gasteiger partial charge in [0, 0.05) is 38.2 Å². The van der Waals surface area contributed by atoms with E-state index in [9.17, 15) is 9.59 Å². The number of anilines is 1. The van der Waals surface area contributed by atoms with Gasteiger partial charge in [0.25, 0.3) is 11.8 Å². The van der Waals surface area contributed by atoms with Gasteiger partial charge < -0.3 is 10.2 Å². The van der Waals surface area contributed by atoms with Crippen molar-refractivity contribution >= 4 is 23.4 Å². The molecule has 0 saturated heterocycles. The van der Waals surface area contributed by atoms with Crippen LogP contribution in [0.4, 0.5) is 5.82 Å². The maximum absolute atomic E-state index is 13.1. The van der Waals surface area contributed by atoms with Gasteiger partial charge in [0.15, 0.2) is 0 Å². The van der Waals surface area contributed by atoms with Crippen LogP contribution in [0, 0.1) is 0 Å². The predicted molar refractivity (Wildman–Crippen MR) is 130 cm³/mol. The fourth-order valence-electron chi connectivity index (χ4n) is 3.74. The molecule has 0 spiro atoms. The number of aryl methyl sites for hydroxylation is 1. The summed E-state index contributed by atoms with van der Waals surface area (Å²) in [7, 11) is 3.27. The van der Waals surface area contributed by atoms with Crippen molar-refractivity contribution < 1.29 is 9.59 Å². The molecule has 174 valence electrons. The summed E-state index contributed by atoms with van der Waals surface area (Å²) in [5, 5.41) is 6.90. The minimum absolute atomic E-state index is 0.137. The van der Waals surface area contributed by atoms with Crippen LogP contribution in [0.5, 0.6) is 0 Å². The van der Waals surface area contributed by atoms with Crippen LogP contribution in [0.15, 0.2) is 79.4 Å². The molecule has 10 nitrogen and oxygen atoms in total. The Balaban J connectivity index is 1.36. The van der Waals surface area contributed by atoms with Crippen molar-refractivity contribution in [3.63, 3.8) is 0 Å². The SMILES string of the molecule is CN(Cc1ccccn1)C(=O)c1cnn(C)c1C(=O)Nc1ccn2cc(-c3ccccc3)nc2n1. The standard InChI is InChI=1S/C25H22N8O2/c1-31(15-18-10-6-7-12-26-18)24(35)19-14-27-32(2)22(19)23(34)29-21-11-13-33-16-20(28-25(33)30-21)17-8-4-3-5-9-17/h3-14,16H,15H2,1-2H3,(H,28,29,30,34). The van der Waals surface area contributed by atoms with E-state index in [1.54, 1.807) is 37.0 Å². The van der Waals surface area contributed by atoms with Gasteiger partial charge >= 0.3 is 0 Å². The Morgan fingerprint density at radius 3 is 2.60 bits per heavy atom. The number of benzene rings is 1. The molecule has 0 fully saturated rings. The molecule has 2 amide bonds. The van der Waals surface area contributed by atoms with Gasteiger partial charge in [-0.05, 0) is 18.2 Å². The Kier molecular flexibility index (Phi) is 5.76. The van der Waals surface area contributed by atoms with Crippen LogP contribution < -0.4 is 5.32 Å². The number of fused-ring (bicyclic) bond motifs is 1. The molecule has 0 aliphatic heterocycles. The first-order valence-corrected chi connectivity index (χ1v) is 10.9. The maximum atomic E-state index is 13.1. The summed E-state index contributed by atoms with van der Waals surface area (Å²) in [5.74, 6) is -0.0726. The first-order valence-electron chi connectivity index (χ1n) is 10.9. The van der Waals surface area contributed by atoms with Crippen LogP contribution in [0.25, 0.3) is 17.0 Å². The Bertz CT molecular complexity index is 1510. The van der Waals surface area contributed by atoms with Crippen LogP contribution in [-0.4, -0.2) is 52.9 Å². The van der Waals surface area contributed by atoms with E-state index in [1.807, 2.05) is 54.7 Å². The second kappa shape index (κ2) is 9.18. The first kappa shape index (κ1) is 22.0. The third-order valence-electron chi connectivity index (χ3n) is 5.49. The fraction of sp³-hybridized carbons (Fsp3) is 0.120. The molecule has 0 aliphatic rings. The van der Waals surface area contributed by atoms with E-state index in [4.69, 9.17) is 0 Å². The molecule has 5 rings (SSSR count). The Morgan fingerprint density at radius 2 is 1.83 bits per heavy atom. The third kappa shape index (κ3) is 4.49. The average Bonchev–Trinajstić information content (AvgIpc) is 3.48. The lowest BCUT2D eigenvalue weighted by Crippen LogP contribution is -2.29. The normalized spacial score (nSPS) is 10.9. The van der Waals surface area contributed by atoms with E-state index in [1.165, 1.54) is 15.8 Å². The molecule has 0 unspecified atom stereocenters. The number of hydrogen-bond acceptors (Lipinski definition) is 6. The highest BCUT2D eigenvalue weighted by Gasteiger charge is 2.25. The molecule has 0 atom stereocenters. The summed E-state index contributed by atoms with van der Waals surface area (Å²) < 4.78 is 3.16. The minimum atomic E-state index is -0.494.